The Balaban J connectivity index is 1.31. The van der Waals surface area contributed by atoms with E-state index in [0.29, 0.717) is 5.56 Å². The Morgan fingerprint density at radius 2 is 1.81 bits per heavy atom. The molecule has 0 spiro atoms. The zero-order valence-electron chi connectivity index (χ0n) is 17.0. The lowest BCUT2D eigenvalue weighted by Crippen LogP contribution is -2.28. The van der Waals surface area contributed by atoms with Crippen LogP contribution in [0.4, 0.5) is 8.78 Å². The van der Waals surface area contributed by atoms with Gasteiger partial charge >= 0.3 is 6.61 Å². The van der Waals surface area contributed by atoms with Gasteiger partial charge in [0.2, 0.25) is 11.8 Å². The molecule has 0 aliphatic carbocycles. The van der Waals surface area contributed by atoms with Gasteiger partial charge in [0.05, 0.1) is 11.8 Å². The first-order valence-electron chi connectivity index (χ1n) is 9.77. The van der Waals surface area contributed by atoms with Gasteiger partial charge in [0.15, 0.2) is 0 Å². The standard InChI is InChI=1S/C23H19F2N3O3S/c1-14(17-7-6-15-4-2-3-5-18(15)12-17)26-20(29)13-32-23-28-27-21(31-23)16-8-10-19(11-9-16)30-22(24)25/h2-12,14,22H,13H2,1H3,(H,26,29). The van der Waals surface area contributed by atoms with E-state index in [-0.39, 0.29) is 34.6 Å². The largest absolute Gasteiger partial charge is 0.435 e. The zero-order chi connectivity index (χ0) is 22.5. The van der Waals surface area contributed by atoms with Crippen LogP contribution < -0.4 is 10.1 Å². The van der Waals surface area contributed by atoms with E-state index in [9.17, 15) is 13.6 Å². The summed E-state index contributed by atoms with van der Waals surface area (Å²) in [5.41, 5.74) is 1.57. The van der Waals surface area contributed by atoms with Gasteiger partial charge in [0.25, 0.3) is 5.22 Å². The molecule has 1 amide bonds. The second-order valence-corrected chi connectivity index (χ2v) is 7.89. The minimum atomic E-state index is -2.89. The number of fused-ring (bicyclic) bond motifs is 1. The minimum Gasteiger partial charge on any atom is -0.435 e. The van der Waals surface area contributed by atoms with Crippen molar-refractivity contribution in [3.8, 4) is 17.2 Å². The third-order valence-electron chi connectivity index (χ3n) is 4.71. The summed E-state index contributed by atoms with van der Waals surface area (Å²) in [4.78, 5) is 12.4. The van der Waals surface area contributed by atoms with Crippen molar-refractivity contribution in [2.75, 3.05) is 5.75 Å². The fourth-order valence-electron chi connectivity index (χ4n) is 3.13. The van der Waals surface area contributed by atoms with Crippen LogP contribution in [-0.2, 0) is 4.79 Å². The maximum absolute atomic E-state index is 12.4. The van der Waals surface area contributed by atoms with Crippen LogP contribution in [0.15, 0.2) is 76.4 Å². The number of carbonyl (C=O) groups excluding carboxylic acids is 1. The highest BCUT2D eigenvalue weighted by Crippen LogP contribution is 2.26. The number of benzene rings is 3. The number of carbonyl (C=O) groups is 1. The highest BCUT2D eigenvalue weighted by atomic mass is 32.2. The third kappa shape index (κ3) is 5.42. The summed E-state index contributed by atoms with van der Waals surface area (Å²) in [7, 11) is 0. The SMILES string of the molecule is CC(NC(=O)CSc1nnc(-c2ccc(OC(F)F)cc2)o1)c1ccc2ccccc2c1. The summed E-state index contributed by atoms with van der Waals surface area (Å²) >= 11 is 1.12. The summed E-state index contributed by atoms with van der Waals surface area (Å²) in [6, 6.07) is 19.9. The van der Waals surface area contributed by atoms with Crippen LogP contribution in [0.2, 0.25) is 0 Å². The lowest BCUT2D eigenvalue weighted by atomic mass is 10.0. The molecule has 3 aromatic carbocycles. The molecule has 1 aromatic heterocycles. The third-order valence-corrected chi connectivity index (χ3v) is 5.53. The zero-order valence-corrected chi connectivity index (χ0v) is 17.8. The quantitative estimate of drug-likeness (QED) is 0.356. The van der Waals surface area contributed by atoms with Crippen molar-refractivity contribution >= 4 is 28.4 Å². The van der Waals surface area contributed by atoms with Crippen LogP contribution in [0.5, 0.6) is 5.75 Å². The Morgan fingerprint density at radius 3 is 2.56 bits per heavy atom. The van der Waals surface area contributed by atoms with Gasteiger partial charge in [-0.15, -0.1) is 10.2 Å². The van der Waals surface area contributed by atoms with Crippen molar-refractivity contribution in [3.05, 3.63) is 72.3 Å². The number of nitrogens with one attached hydrogen (secondary N) is 1. The topological polar surface area (TPSA) is 77.2 Å². The Hall–Kier alpha value is -3.46. The maximum atomic E-state index is 12.4. The smallest absolute Gasteiger partial charge is 0.387 e. The molecular weight excluding hydrogens is 436 g/mol. The summed E-state index contributed by atoms with van der Waals surface area (Å²) in [6.45, 7) is -0.957. The van der Waals surface area contributed by atoms with E-state index in [1.165, 1.54) is 24.3 Å². The lowest BCUT2D eigenvalue weighted by Gasteiger charge is -2.14. The number of thioether (sulfide) groups is 1. The van der Waals surface area contributed by atoms with E-state index in [1.54, 1.807) is 0 Å². The van der Waals surface area contributed by atoms with Crippen LogP contribution in [-0.4, -0.2) is 28.5 Å². The first-order valence-corrected chi connectivity index (χ1v) is 10.8. The van der Waals surface area contributed by atoms with E-state index >= 15 is 0 Å². The number of hydrogen-bond donors (Lipinski definition) is 1. The number of ether oxygens (including phenoxy) is 1. The number of halogens is 2. The Labute approximate surface area is 187 Å². The Kier molecular flexibility index (Phi) is 6.65. The molecule has 1 atom stereocenters. The predicted octanol–water partition coefficient (Wildman–Crippen LogP) is 5.46. The molecule has 1 heterocycles. The number of hydrogen-bond acceptors (Lipinski definition) is 6. The van der Waals surface area contributed by atoms with Gasteiger partial charge in [-0.1, -0.05) is 48.2 Å². The summed E-state index contributed by atoms with van der Waals surface area (Å²) in [5.74, 6) is 0.209. The lowest BCUT2D eigenvalue weighted by molar-refractivity contribution is -0.119. The molecule has 1 unspecified atom stereocenters. The van der Waals surface area contributed by atoms with E-state index in [2.05, 4.69) is 26.3 Å². The van der Waals surface area contributed by atoms with Gasteiger partial charge < -0.3 is 14.5 Å². The molecule has 0 saturated carbocycles. The molecule has 0 aliphatic heterocycles. The van der Waals surface area contributed by atoms with Gasteiger partial charge in [-0.25, -0.2) is 0 Å². The van der Waals surface area contributed by atoms with E-state index < -0.39 is 6.61 Å². The van der Waals surface area contributed by atoms with Crippen molar-refractivity contribution < 1.29 is 22.7 Å². The average Bonchev–Trinajstić information content (AvgIpc) is 3.26. The molecule has 9 heteroatoms. The first kappa shape index (κ1) is 21.8. The molecule has 0 aliphatic rings. The second-order valence-electron chi connectivity index (χ2n) is 6.96. The number of rotatable bonds is 8. The Morgan fingerprint density at radius 1 is 1.06 bits per heavy atom. The van der Waals surface area contributed by atoms with Gasteiger partial charge in [0.1, 0.15) is 5.75 Å². The van der Waals surface area contributed by atoms with Gasteiger partial charge in [0, 0.05) is 5.56 Å². The normalized spacial score (nSPS) is 12.1. The molecule has 164 valence electrons. The summed E-state index contributed by atoms with van der Waals surface area (Å²) in [5, 5.41) is 13.3. The molecule has 1 N–H and O–H groups in total. The molecule has 0 fully saturated rings. The Bertz CT molecular complexity index is 1210. The molecule has 32 heavy (non-hydrogen) atoms. The molecule has 4 rings (SSSR count). The highest BCUT2D eigenvalue weighted by Gasteiger charge is 2.14. The van der Waals surface area contributed by atoms with Crippen LogP contribution in [0.3, 0.4) is 0 Å². The fourth-order valence-corrected chi connectivity index (χ4v) is 3.71. The van der Waals surface area contributed by atoms with E-state index in [4.69, 9.17) is 4.42 Å². The van der Waals surface area contributed by atoms with Crippen molar-refractivity contribution in [1.82, 2.24) is 15.5 Å². The van der Waals surface area contributed by atoms with Gasteiger partial charge in [-0.2, -0.15) is 8.78 Å². The fraction of sp³-hybridized carbons (Fsp3) is 0.174. The number of nitrogens with zero attached hydrogens (tertiary/aromatic N) is 2. The van der Waals surface area contributed by atoms with Crippen LogP contribution >= 0.6 is 11.8 Å². The second kappa shape index (κ2) is 9.78. The van der Waals surface area contributed by atoms with Crippen LogP contribution in [0, 0.1) is 0 Å². The molecule has 0 bridgehead atoms. The molecule has 0 saturated heterocycles. The van der Waals surface area contributed by atoms with Gasteiger partial charge in [-0.3, -0.25) is 4.79 Å². The van der Waals surface area contributed by atoms with Gasteiger partial charge in [-0.05, 0) is 53.6 Å². The molecule has 6 nitrogen and oxygen atoms in total. The van der Waals surface area contributed by atoms with E-state index in [1.807, 2.05) is 43.3 Å². The van der Waals surface area contributed by atoms with E-state index in [0.717, 1.165) is 28.1 Å². The predicted molar refractivity (Wildman–Crippen MR) is 118 cm³/mol. The summed E-state index contributed by atoms with van der Waals surface area (Å²) < 4.78 is 34.3. The van der Waals surface area contributed by atoms with Crippen molar-refractivity contribution in [3.63, 3.8) is 0 Å². The molecule has 4 aromatic rings. The highest BCUT2D eigenvalue weighted by molar-refractivity contribution is 7.99. The minimum absolute atomic E-state index is 0.0371. The number of alkyl halides is 2. The van der Waals surface area contributed by atoms with Crippen molar-refractivity contribution in [1.29, 1.82) is 0 Å². The number of aromatic nitrogens is 2. The number of amides is 1. The molecular formula is C23H19F2N3O3S. The summed E-state index contributed by atoms with van der Waals surface area (Å²) in [6.07, 6.45) is 0. The first-order chi connectivity index (χ1) is 15.5. The molecule has 0 radical (unpaired) electrons. The average molecular weight is 455 g/mol. The van der Waals surface area contributed by atoms with Crippen molar-refractivity contribution in [2.45, 2.75) is 24.8 Å². The van der Waals surface area contributed by atoms with Crippen LogP contribution in [0.25, 0.3) is 22.2 Å². The monoisotopic (exact) mass is 455 g/mol. The van der Waals surface area contributed by atoms with Crippen LogP contribution in [0.1, 0.15) is 18.5 Å². The van der Waals surface area contributed by atoms with Crippen molar-refractivity contribution in [2.24, 2.45) is 0 Å². The maximum Gasteiger partial charge on any atom is 0.387 e.